The van der Waals surface area contributed by atoms with Crippen LogP contribution in [0, 0.1) is 6.92 Å². The molecule has 13 heavy (non-hydrogen) atoms. The van der Waals surface area contributed by atoms with Crippen LogP contribution in [-0.4, -0.2) is 0 Å². The number of aryl methyl sites for hydroxylation is 1. The van der Waals surface area contributed by atoms with Crippen molar-refractivity contribution in [2.45, 2.75) is 12.0 Å². The van der Waals surface area contributed by atoms with Gasteiger partial charge in [-0.15, -0.1) is 12.6 Å². The van der Waals surface area contributed by atoms with Crippen molar-refractivity contribution < 1.29 is 4.42 Å². The standard InChI is InChI=1S/C10H8O2S/c1-6-2-3-9-7(4-6)8(11)5-10(13)12-9/h2-5,13H,1H3. The summed E-state index contributed by atoms with van der Waals surface area (Å²) in [6.45, 7) is 1.94. The van der Waals surface area contributed by atoms with Gasteiger partial charge in [0.05, 0.1) is 5.39 Å². The van der Waals surface area contributed by atoms with E-state index < -0.39 is 0 Å². The van der Waals surface area contributed by atoms with E-state index in [9.17, 15) is 4.79 Å². The second-order valence-electron chi connectivity index (χ2n) is 2.95. The van der Waals surface area contributed by atoms with E-state index in [1.54, 1.807) is 6.07 Å². The largest absolute Gasteiger partial charge is 0.450 e. The third-order valence-corrected chi connectivity index (χ3v) is 2.09. The summed E-state index contributed by atoms with van der Waals surface area (Å²) in [5.74, 6) is 0. The second kappa shape index (κ2) is 2.92. The summed E-state index contributed by atoms with van der Waals surface area (Å²) in [5.41, 5.74) is 1.59. The average molecular weight is 192 g/mol. The molecule has 0 amide bonds. The lowest BCUT2D eigenvalue weighted by atomic mass is 10.1. The molecule has 0 spiro atoms. The highest BCUT2D eigenvalue weighted by Gasteiger charge is 2.01. The Labute approximate surface area is 80.6 Å². The van der Waals surface area contributed by atoms with Gasteiger partial charge < -0.3 is 4.42 Å². The molecule has 0 aliphatic heterocycles. The molecule has 0 aliphatic carbocycles. The first kappa shape index (κ1) is 8.38. The molecule has 66 valence electrons. The van der Waals surface area contributed by atoms with Crippen LogP contribution in [0.3, 0.4) is 0 Å². The van der Waals surface area contributed by atoms with Gasteiger partial charge in [0, 0.05) is 6.07 Å². The number of hydrogen-bond acceptors (Lipinski definition) is 3. The van der Waals surface area contributed by atoms with E-state index in [4.69, 9.17) is 4.42 Å². The lowest BCUT2D eigenvalue weighted by molar-refractivity contribution is 0.502. The minimum absolute atomic E-state index is 0.0463. The fraction of sp³-hybridized carbons (Fsp3) is 0.100. The summed E-state index contributed by atoms with van der Waals surface area (Å²) < 4.78 is 5.26. The van der Waals surface area contributed by atoms with E-state index in [-0.39, 0.29) is 5.43 Å². The van der Waals surface area contributed by atoms with Gasteiger partial charge in [-0.1, -0.05) is 11.6 Å². The maximum Gasteiger partial charge on any atom is 0.193 e. The fourth-order valence-corrected chi connectivity index (χ4v) is 1.47. The zero-order valence-electron chi connectivity index (χ0n) is 7.07. The highest BCUT2D eigenvalue weighted by molar-refractivity contribution is 7.80. The summed E-state index contributed by atoms with van der Waals surface area (Å²) in [6, 6.07) is 6.88. The van der Waals surface area contributed by atoms with Crippen molar-refractivity contribution in [3.05, 3.63) is 40.1 Å². The third-order valence-electron chi connectivity index (χ3n) is 1.87. The fourth-order valence-electron chi connectivity index (χ4n) is 1.26. The Morgan fingerprint density at radius 2 is 2.08 bits per heavy atom. The molecule has 1 aromatic carbocycles. The molecule has 3 heteroatoms. The molecule has 0 radical (unpaired) electrons. The average Bonchev–Trinajstić information content (AvgIpc) is 2.06. The Bertz CT molecular complexity index is 514. The highest BCUT2D eigenvalue weighted by Crippen LogP contribution is 2.15. The predicted molar refractivity (Wildman–Crippen MR) is 54.5 cm³/mol. The van der Waals surface area contributed by atoms with Gasteiger partial charge in [-0.05, 0) is 19.1 Å². The van der Waals surface area contributed by atoms with E-state index in [2.05, 4.69) is 12.6 Å². The Kier molecular flexibility index (Phi) is 1.88. The quantitative estimate of drug-likeness (QED) is 0.649. The monoisotopic (exact) mass is 192 g/mol. The highest BCUT2D eigenvalue weighted by atomic mass is 32.1. The number of fused-ring (bicyclic) bond motifs is 1. The van der Waals surface area contributed by atoms with E-state index in [0.29, 0.717) is 16.1 Å². The molecular formula is C10H8O2S. The number of rotatable bonds is 0. The Morgan fingerprint density at radius 1 is 1.31 bits per heavy atom. The van der Waals surface area contributed by atoms with Gasteiger partial charge in [0.2, 0.25) is 0 Å². The maximum absolute atomic E-state index is 11.4. The van der Waals surface area contributed by atoms with Crippen LogP contribution in [0.2, 0.25) is 0 Å². The van der Waals surface area contributed by atoms with Crippen LogP contribution >= 0.6 is 12.6 Å². The van der Waals surface area contributed by atoms with Crippen LogP contribution in [0.1, 0.15) is 5.56 Å². The Balaban J connectivity index is 2.95. The smallest absolute Gasteiger partial charge is 0.193 e. The first-order chi connectivity index (χ1) is 6.16. The van der Waals surface area contributed by atoms with Crippen LogP contribution in [-0.2, 0) is 0 Å². The van der Waals surface area contributed by atoms with Crippen molar-refractivity contribution in [3.8, 4) is 0 Å². The molecule has 0 fully saturated rings. The van der Waals surface area contributed by atoms with Crippen LogP contribution in [0.5, 0.6) is 0 Å². The first-order valence-corrected chi connectivity index (χ1v) is 4.35. The van der Waals surface area contributed by atoms with Gasteiger partial charge >= 0.3 is 0 Å². The van der Waals surface area contributed by atoms with Gasteiger partial charge in [0.25, 0.3) is 0 Å². The van der Waals surface area contributed by atoms with E-state index in [1.807, 2.05) is 19.1 Å². The molecule has 0 saturated carbocycles. The van der Waals surface area contributed by atoms with Crippen LogP contribution in [0.15, 0.2) is 38.6 Å². The van der Waals surface area contributed by atoms with E-state index >= 15 is 0 Å². The van der Waals surface area contributed by atoms with Crippen molar-refractivity contribution in [1.82, 2.24) is 0 Å². The van der Waals surface area contributed by atoms with Crippen molar-refractivity contribution in [2.75, 3.05) is 0 Å². The van der Waals surface area contributed by atoms with E-state index in [0.717, 1.165) is 5.56 Å². The van der Waals surface area contributed by atoms with Gasteiger partial charge in [-0.25, -0.2) is 0 Å². The third kappa shape index (κ3) is 1.47. The first-order valence-electron chi connectivity index (χ1n) is 3.90. The Morgan fingerprint density at radius 3 is 2.85 bits per heavy atom. The summed E-state index contributed by atoms with van der Waals surface area (Å²) in [6.07, 6.45) is 0. The minimum atomic E-state index is -0.0463. The number of thiol groups is 1. The van der Waals surface area contributed by atoms with Crippen molar-refractivity contribution in [3.63, 3.8) is 0 Å². The molecule has 1 aromatic heterocycles. The summed E-state index contributed by atoms with van der Waals surface area (Å²) >= 11 is 3.99. The second-order valence-corrected chi connectivity index (χ2v) is 3.39. The molecule has 0 unspecified atom stereocenters. The van der Waals surface area contributed by atoms with Gasteiger partial charge in [0.15, 0.2) is 10.5 Å². The molecular weight excluding hydrogens is 184 g/mol. The van der Waals surface area contributed by atoms with Gasteiger partial charge in [0.1, 0.15) is 5.58 Å². The van der Waals surface area contributed by atoms with Crippen molar-refractivity contribution in [2.24, 2.45) is 0 Å². The number of hydrogen-bond donors (Lipinski definition) is 1. The van der Waals surface area contributed by atoms with E-state index in [1.165, 1.54) is 6.07 Å². The van der Waals surface area contributed by atoms with Crippen LogP contribution < -0.4 is 5.43 Å². The summed E-state index contributed by atoms with van der Waals surface area (Å²) in [4.78, 5) is 11.4. The normalized spacial score (nSPS) is 10.6. The SMILES string of the molecule is Cc1ccc2oc(S)cc(=O)c2c1. The molecule has 0 saturated heterocycles. The predicted octanol–water partition coefficient (Wildman–Crippen LogP) is 2.39. The number of benzene rings is 1. The van der Waals surface area contributed by atoms with Gasteiger partial charge in [-0.3, -0.25) is 4.79 Å². The molecule has 0 aliphatic rings. The molecule has 2 aromatic rings. The molecule has 0 atom stereocenters. The zero-order chi connectivity index (χ0) is 9.42. The van der Waals surface area contributed by atoms with Crippen molar-refractivity contribution in [1.29, 1.82) is 0 Å². The Hall–Kier alpha value is -1.22. The molecule has 0 N–H and O–H groups in total. The van der Waals surface area contributed by atoms with Gasteiger partial charge in [-0.2, -0.15) is 0 Å². The van der Waals surface area contributed by atoms with Crippen LogP contribution in [0.4, 0.5) is 0 Å². The molecule has 2 rings (SSSR count). The lowest BCUT2D eigenvalue weighted by Gasteiger charge is -1.98. The van der Waals surface area contributed by atoms with Crippen LogP contribution in [0.25, 0.3) is 11.0 Å². The lowest BCUT2D eigenvalue weighted by Crippen LogP contribution is -1.99. The zero-order valence-corrected chi connectivity index (χ0v) is 7.97. The maximum atomic E-state index is 11.4. The summed E-state index contributed by atoms with van der Waals surface area (Å²) in [7, 11) is 0. The molecule has 0 bridgehead atoms. The summed E-state index contributed by atoms with van der Waals surface area (Å²) in [5, 5.41) is 0.958. The van der Waals surface area contributed by atoms with Crippen molar-refractivity contribution >= 4 is 23.6 Å². The minimum Gasteiger partial charge on any atom is -0.450 e. The molecule has 2 nitrogen and oxygen atoms in total. The molecule has 1 heterocycles. The topological polar surface area (TPSA) is 30.2 Å².